The van der Waals surface area contributed by atoms with Crippen LogP contribution >= 0.6 is 0 Å². The minimum atomic E-state index is -3.82. The van der Waals surface area contributed by atoms with E-state index in [1.165, 1.54) is 19.2 Å². The van der Waals surface area contributed by atoms with Gasteiger partial charge in [0.05, 0.1) is 12.0 Å². The summed E-state index contributed by atoms with van der Waals surface area (Å²) < 4.78 is 29.5. The summed E-state index contributed by atoms with van der Waals surface area (Å²) in [5.41, 5.74) is 1.93. The molecule has 0 heterocycles. The number of ether oxygens (including phenoxy) is 1. The van der Waals surface area contributed by atoms with Gasteiger partial charge in [-0.2, -0.15) is 0 Å². The third kappa shape index (κ3) is 2.36. The third-order valence-electron chi connectivity index (χ3n) is 4.45. The van der Waals surface area contributed by atoms with E-state index in [1.54, 1.807) is 18.2 Å². The van der Waals surface area contributed by atoms with Crippen LogP contribution in [0.2, 0.25) is 0 Å². The van der Waals surface area contributed by atoms with Crippen molar-refractivity contribution < 1.29 is 17.9 Å². The van der Waals surface area contributed by atoms with Crippen LogP contribution in [0.1, 0.15) is 23.5 Å². The van der Waals surface area contributed by atoms with Crippen LogP contribution in [0.15, 0.2) is 59.5 Å². The number of carbonyl (C=O) groups is 1. The van der Waals surface area contributed by atoms with Crippen molar-refractivity contribution in [2.45, 2.75) is 28.9 Å². The molecule has 2 aromatic rings. The quantitative estimate of drug-likeness (QED) is 0.809. The molecular formula is C18H18O4S. The number of esters is 1. The molecule has 23 heavy (non-hydrogen) atoms. The molecule has 4 nitrogen and oxygen atoms in total. The molecule has 0 aromatic heterocycles. The Hall–Kier alpha value is -2.14. The Bertz CT molecular complexity index is 825. The second kappa shape index (κ2) is 5.49. The van der Waals surface area contributed by atoms with Gasteiger partial charge in [-0.3, -0.25) is 4.79 Å². The summed E-state index contributed by atoms with van der Waals surface area (Å²) in [6.45, 7) is 1.96. The van der Waals surface area contributed by atoms with E-state index in [0.717, 1.165) is 11.1 Å². The number of rotatable bonds is 4. The second-order valence-corrected chi connectivity index (χ2v) is 8.07. The second-order valence-electron chi connectivity index (χ2n) is 5.86. The molecule has 1 fully saturated rings. The number of carbonyl (C=O) groups excluding carboxylic acids is 1. The minimum absolute atomic E-state index is 0.153. The fourth-order valence-corrected chi connectivity index (χ4v) is 5.18. The standard InChI is InChI=1S/C18H18O4S/c1-13-8-10-14(11-9-13)16-12-18(16,17(19)22-2)23(20,21)15-6-4-3-5-7-15/h3-11,16H,12H2,1-2H3. The number of sulfone groups is 1. The van der Waals surface area contributed by atoms with Crippen molar-refractivity contribution in [1.29, 1.82) is 0 Å². The third-order valence-corrected chi connectivity index (χ3v) is 6.92. The molecule has 0 saturated heterocycles. The molecule has 1 saturated carbocycles. The van der Waals surface area contributed by atoms with Crippen LogP contribution in [-0.4, -0.2) is 26.2 Å². The summed E-state index contributed by atoms with van der Waals surface area (Å²) in [6, 6.07) is 15.7. The van der Waals surface area contributed by atoms with E-state index >= 15 is 0 Å². The summed E-state index contributed by atoms with van der Waals surface area (Å²) in [7, 11) is -2.59. The van der Waals surface area contributed by atoms with Crippen LogP contribution in [0.4, 0.5) is 0 Å². The Morgan fingerprint density at radius 2 is 1.70 bits per heavy atom. The molecule has 2 unspecified atom stereocenters. The smallest absolute Gasteiger partial charge is 0.328 e. The van der Waals surface area contributed by atoms with E-state index in [2.05, 4.69) is 0 Å². The highest BCUT2D eigenvalue weighted by atomic mass is 32.2. The van der Waals surface area contributed by atoms with Crippen LogP contribution in [-0.2, 0) is 19.4 Å². The lowest BCUT2D eigenvalue weighted by atomic mass is 10.1. The first-order chi connectivity index (χ1) is 10.9. The van der Waals surface area contributed by atoms with Gasteiger partial charge in [0.25, 0.3) is 0 Å². The maximum absolute atomic E-state index is 13.1. The molecule has 1 aliphatic rings. The topological polar surface area (TPSA) is 60.4 Å². The first-order valence-electron chi connectivity index (χ1n) is 7.38. The Labute approximate surface area is 136 Å². The predicted molar refractivity (Wildman–Crippen MR) is 86.9 cm³/mol. The van der Waals surface area contributed by atoms with Gasteiger partial charge in [0.2, 0.25) is 0 Å². The van der Waals surface area contributed by atoms with E-state index in [4.69, 9.17) is 4.74 Å². The van der Waals surface area contributed by atoms with Crippen molar-refractivity contribution in [2.75, 3.05) is 7.11 Å². The van der Waals surface area contributed by atoms with Crippen molar-refractivity contribution in [3.05, 3.63) is 65.7 Å². The summed E-state index contributed by atoms with van der Waals surface area (Å²) in [4.78, 5) is 12.5. The molecule has 0 spiro atoms. The van der Waals surface area contributed by atoms with E-state index in [-0.39, 0.29) is 17.2 Å². The normalized spacial score (nSPS) is 23.3. The zero-order chi connectivity index (χ0) is 16.7. The highest BCUT2D eigenvalue weighted by Gasteiger charge is 2.70. The van der Waals surface area contributed by atoms with Crippen LogP contribution in [0.5, 0.6) is 0 Å². The molecule has 0 bridgehead atoms. The summed E-state index contributed by atoms with van der Waals surface area (Å²) in [6.07, 6.45) is 0.250. The zero-order valence-electron chi connectivity index (χ0n) is 13.0. The average molecular weight is 330 g/mol. The van der Waals surface area contributed by atoms with Crippen LogP contribution in [0, 0.1) is 6.92 Å². The van der Waals surface area contributed by atoms with Crippen molar-refractivity contribution in [3.8, 4) is 0 Å². The Morgan fingerprint density at radius 1 is 1.09 bits per heavy atom. The molecule has 0 radical (unpaired) electrons. The van der Waals surface area contributed by atoms with Gasteiger partial charge in [-0.05, 0) is 31.0 Å². The number of benzene rings is 2. The van der Waals surface area contributed by atoms with Crippen LogP contribution in [0.3, 0.4) is 0 Å². The van der Waals surface area contributed by atoms with Crippen molar-refractivity contribution in [1.82, 2.24) is 0 Å². The maximum Gasteiger partial charge on any atom is 0.328 e. The van der Waals surface area contributed by atoms with Crippen molar-refractivity contribution in [3.63, 3.8) is 0 Å². The van der Waals surface area contributed by atoms with Gasteiger partial charge in [-0.1, -0.05) is 48.0 Å². The lowest BCUT2D eigenvalue weighted by Gasteiger charge is -2.16. The van der Waals surface area contributed by atoms with E-state index in [9.17, 15) is 13.2 Å². The van der Waals surface area contributed by atoms with Gasteiger partial charge in [-0.15, -0.1) is 0 Å². The molecule has 1 aliphatic carbocycles. The summed E-state index contributed by atoms with van der Waals surface area (Å²) >= 11 is 0. The Kier molecular flexibility index (Phi) is 3.76. The van der Waals surface area contributed by atoms with E-state index in [0.29, 0.717) is 0 Å². The number of hydrogen-bond acceptors (Lipinski definition) is 4. The minimum Gasteiger partial charge on any atom is -0.468 e. The van der Waals surface area contributed by atoms with Gasteiger partial charge in [0.1, 0.15) is 0 Å². The van der Waals surface area contributed by atoms with E-state index < -0.39 is 20.6 Å². The van der Waals surface area contributed by atoms with Crippen LogP contribution < -0.4 is 0 Å². The predicted octanol–water partition coefficient (Wildman–Crippen LogP) is 2.87. The van der Waals surface area contributed by atoms with Gasteiger partial charge in [-0.25, -0.2) is 8.42 Å². The van der Waals surface area contributed by atoms with Gasteiger partial charge in [0.15, 0.2) is 14.6 Å². The Morgan fingerprint density at radius 3 is 2.26 bits per heavy atom. The molecule has 0 N–H and O–H groups in total. The largest absolute Gasteiger partial charge is 0.468 e. The highest BCUT2D eigenvalue weighted by molar-refractivity contribution is 7.94. The van der Waals surface area contributed by atoms with Gasteiger partial charge in [0, 0.05) is 5.92 Å². The van der Waals surface area contributed by atoms with Crippen molar-refractivity contribution in [2.24, 2.45) is 0 Å². The van der Waals surface area contributed by atoms with Crippen molar-refractivity contribution >= 4 is 15.8 Å². The van der Waals surface area contributed by atoms with Gasteiger partial charge < -0.3 is 4.74 Å². The SMILES string of the molecule is COC(=O)C1(S(=O)(=O)c2ccccc2)CC1c1ccc(C)cc1. The number of aryl methyl sites for hydroxylation is 1. The fraction of sp³-hybridized carbons (Fsp3) is 0.278. The molecule has 2 aromatic carbocycles. The zero-order valence-corrected chi connectivity index (χ0v) is 13.8. The van der Waals surface area contributed by atoms with Crippen LogP contribution in [0.25, 0.3) is 0 Å². The summed E-state index contributed by atoms with van der Waals surface area (Å²) in [5.74, 6) is -1.06. The Balaban J connectivity index is 2.07. The maximum atomic E-state index is 13.1. The number of methoxy groups -OCH3 is 1. The highest BCUT2D eigenvalue weighted by Crippen LogP contribution is 2.59. The first kappa shape index (κ1) is 15.7. The first-order valence-corrected chi connectivity index (χ1v) is 8.86. The monoisotopic (exact) mass is 330 g/mol. The molecule has 120 valence electrons. The molecule has 0 aliphatic heterocycles. The van der Waals surface area contributed by atoms with Gasteiger partial charge >= 0.3 is 5.97 Å². The molecular weight excluding hydrogens is 312 g/mol. The molecule has 2 atom stereocenters. The molecule has 3 rings (SSSR count). The average Bonchev–Trinajstić information content (AvgIpc) is 3.33. The lowest BCUT2D eigenvalue weighted by molar-refractivity contribution is -0.141. The fourth-order valence-electron chi connectivity index (χ4n) is 3.05. The summed E-state index contributed by atoms with van der Waals surface area (Å²) in [5, 5.41) is 0. The molecule has 0 amide bonds. The molecule has 5 heteroatoms. The number of hydrogen-bond donors (Lipinski definition) is 0. The lowest BCUT2D eigenvalue weighted by Crippen LogP contribution is -2.35. The van der Waals surface area contributed by atoms with E-state index in [1.807, 2.05) is 31.2 Å².